The van der Waals surface area contributed by atoms with Crippen LogP contribution in [0.4, 0.5) is 0 Å². The fraction of sp³-hybridized carbons (Fsp3) is 0.588. The van der Waals surface area contributed by atoms with Crippen LogP contribution in [0.15, 0.2) is 18.2 Å². The number of carbonyl (C=O) groups is 1. The van der Waals surface area contributed by atoms with E-state index in [9.17, 15) is 9.90 Å². The number of hydrogen-bond donors (Lipinski definition) is 3. The molecule has 4 fully saturated rings. The van der Waals surface area contributed by atoms with Crippen LogP contribution in [0, 0.1) is 10.8 Å². The quantitative estimate of drug-likeness (QED) is 0.643. The maximum absolute atomic E-state index is 12.7. The summed E-state index contributed by atoms with van der Waals surface area (Å²) in [5, 5.41) is 9.82. The molecule has 0 amide bonds. The molecule has 4 bridgehead atoms. The molecule has 118 valence electrons. The zero-order valence-electron chi connectivity index (χ0n) is 13.4. The lowest BCUT2D eigenvalue weighted by molar-refractivity contribution is -1.18. The number of phenolic OH excluding ortho intramolecular Hbond substituents is 1. The van der Waals surface area contributed by atoms with E-state index in [2.05, 4.69) is 13.8 Å². The third-order valence-corrected chi connectivity index (χ3v) is 5.92. The first-order chi connectivity index (χ1) is 10.4. The standard InChI is InChI=1S/C17H22N2O3/c1-16-7-18-9-17(2,15(16)21)10-19(8-16)14(18)11-4-5-12(20)13(6-11)22-3/h4-6,14,20H,7-10H2,1-3H3/p+2. The van der Waals surface area contributed by atoms with Gasteiger partial charge in [0.1, 0.15) is 10.8 Å². The Kier molecular flexibility index (Phi) is 2.70. The maximum Gasteiger partial charge on any atom is 0.240 e. The van der Waals surface area contributed by atoms with Crippen molar-refractivity contribution in [3.8, 4) is 11.5 Å². The number of piperidine rings is 2. The number of rotatable bonds is 2. The number of phenols is 1. The van der Waals surface area contributed by atoms with Gasteiger partial charge in [-0.3, -0.25) is 14.6 Å². The van der Waals surface area contributed by atoms with E-state index in [1.54, 1.807) is 13.2 Å². The van der Waals surface area contributed by atoms with Gasteiger partial charge in [0, 0.05) is 0 Å². The number of hydrogen-bond acceptors (Lipinski definition) is 3. The summed E-state index contributed by atoms with van der Waals surface area (Å²) in [5.74, 6) is 1.18. The minimum atomic E-state index is -0.173. The molecule has 1 aromatic rings. The first-order valence-electron chi connectivity index (χ1n) is 7.97. The molecule has 4 saturated heterocycles. The van der Waals surface area contributed by atoms with Crippen LogP contribution in [0.2, 0.25) is 0 Å². The number of ketones is 1. The highest BCUT2D eigenvalue weighted by molar-refractivity contribution is 5.91. The lowest BCUT2D eigenvalue weighted by Gasteiger charge is -2.58. The van der Waals surface area contributed by atoms with Crippen molar-refractivity contribution >= 4 is 5.78 Å². The summed E-state index contributed by atoms with van der Waals surface area (Å²) in [6.45, 7) is 7.94. The number of benzene rings is 1. The first kappa shape index (κ1) is 14.0. The molecule has 22 heavy (non-hydrogen) atoms. The monoisotopic (exact) mass is 304 g/mol. The highest BCUT2D eigenvalue weighted by Crippen LogP contribution is 2.37. The van der Waals surface area contributed by atoms with Crippen molar-refractivity contribution in [2.75, 3.05) is 33.3 Å². The van der Waals surface area contributed by atoms with Crippen LogP contribution >= 0.6 is 0 Å². The van der Waals surface area contributed by atoms with Crippen molar-refractivity contribution in [2.45, 2.75) is 20.0 Å². The summed E-state index contributed by atoms with van der Waals surface area (Å²) >= 11 is 0. The Balaban J connectivity index is 1.73. The smallest absolute Gasteiger partial charge is 0.240 e. The Morgan fingerprint density at radius 1 is 1.14 bits per heavy atom. The molecular formula is C17H24N2O3+2. The highest BCUT2D eigenvalue weighted by atomic mass is 16.5. The average molecular weight is 304 g/mol. The van der Waals surface area contributed by atoms with E-state index >= 15 is 0 Å². The molecule has 4 aliphatic rings. The van der Waals surface area contributed by atoms with E-state index in [0.717, 1.165) is 26.2 Å². The van der Waals surface area contributed by atoms with Crippen LogP contribution < -0.4 is 14.5 Å². The Bertz CT molecular complexity index is 617. The summed E-state index contributed by atoms with van der Waals surface area (Å²) < 4.78 is 5.26. The van der Waals surface area contributed by atoms with E-state index in [4.69, 9.17) is 4.74 Å². The molecule has 0 atom stereocenters. The summed E-state index contributed by atoms with van der Waals surface area (Å²) in [6, 6.07) is 5.67. The van der Waals surface area contributed by atoms with Crippen LogP contribution in [0.3, 0.4) is 0 Å². The highest BCUT2D eigenvalue weighted by Gasteiger charge is 2.68. The van der Waals surface area contributed by atoms with Gasteiger partial charge in [0.05, 0.1) is 38.9 Å². The summed E-state index contributed by atoms with van der Waals surface area (Å²) in [4.78, 5) is 15.7. The Morgan fingerprint density at radius 3 is 2.18 bits per heavy atom. The minimum Gasteiger partial charge on any atom is -0.504 e. The summed E-state index contributed by atoms with van der Waals surface area (Å²) in [6.07, 6.45) is 0.337. The number of aromatic hydroxyl groups is 1. The number of nitrogens with one attached hydrogen (secondary N) is 2. The van der Waals surface area contributed by atoms with Gasteiger partial charge in [0.15, 0.2) is 17.3 Å². The second kappa shape index (κ2) is 4.24. The van der Waals surface area contributed by atoms with Gasteiger partial charge < -0.3 is 9.84 Å². The Morgan fingerprint density at radius 2 is 1.68 bits per heavy atom. The average Bonchev–Trinajstić information content (AvgIpc) is 2.45. The molecule has 0 unspecified atom stereocenters. The molecule has 0 aromatic heterocycles. The third-order valence-electron chi connectivity index (χ3n) is 5.92. The second-order valence-electron chi connectivity index (χ2n) is 7.84. The van der Waals surface area contributed by atoms with Crippen molar-refractivity contribution in [1.29, 1.82) is 0 Å². The van der Waals surface area contributed by atoms with E-state index in [1.807, 2.05) is 12.1 Å². The van der Waals surface area contributed by atoms with Gasteiger partial charge in [0.2, 0.25) is 6.17 Å². The van der Waals surface area contributed by atoms with Crippen LogP contribution in [0.1, 0.15) is 25.6 Å². The molecule has 4 aliphatic heterocycles. The molecule has 1 aromatic carbocycles. The summed E-state index contributed by atoms with van der Waals surface area (Å²) in [5.41, 5.74) is 0.846. The van der Waals surface area contributed by atoms with E-state index < -0.39 is 0 Å². The van der Waals surface area contributed by atoms with Crippen LogP contribution in [0.25, 0.3) is 0 Å². The molecule has 5 heteroatoms. The van der Waals surface area contributed by atoms with Crippen molar-refractivity contribution in [3.63, 3.8) is 0 Å². The lowest BCUT2D eigenvalue weighted by atomic mass is 9.62. The lowest BCUT2D eigenvalue weighted by Crippen LogP contribution is -3.41. The SMILES string of the molecule is COc1cc(C2[NH+]3CC4(C)C[NH+]2CC(C)(C3)C4=O)ccc1O. The van der Waals surface area contributed by atoms with E-state index in [1.165, 1.54) is 15.4 Å². The number of quaternary nitrogens is 2. The predicted octanol–water partition coefficient (Wildman–Crippen LogP) is -1.21. The largest absolute Gasteiger partial charge is 0.504 e. The van der Waals surface area contributed by atoms with Crippen molar-refractivity contribution in [2.24, 2.45) is 10.8 Å². The van der Waals surface area contributed by atoms with Gasteiger partial charge in [-0.1, -0.05) is 0 Å². The minimum absolute atomic E-state index is 0.173. The third kappa shape index (κ3) is 1.69. The molecule has 0 aliphatic carbocycles. The zero-order chi connectivity index (χ0) is 15.7. The topological polar surface area (TPSA) is 55.4 Å². The van der Waals surface area contributed by atoms with Crippen molar-refractivity contribution in [1.82, 2.24) is 0 Å². The van der Waals surface area contributed by atoms with Gasteiger partial charge in [-0.25, -0.2) is 0 Å². The predicted molar refractivity (Wildman–Crippen MR) is 80.0 cm³/mol. The molecule has 0 radical (unpaired) electrons. The number of Topliss-reactive ketones (excluding diaryl/α,β-unsaturated/α-hetero) is 1. The second-order valence-corrected chi connectivity index (χ2v) is 7.84. The first-order valence-corrected chi connectivity index (χ1v) is 7.97. The van der Waals surface area contributed by atoms with E-state index in [-0.39, 0.29) is 16.6 Å². The zero-order valence-corrected chi connectivity index (χ0v) is 13.4. The van der Waals surface area contributed by atoms with Crippen LogP contribution in [-0.4, -0.2) is 44.2 Å². The molecule has 5 rings (SSSR count). The fourth-order valence-corrected chi connectivity index (χ4v) is 5.35. The maximum atomic E-state index is 12.7. The molecule has 0 saturated carbocycles. The molecule has 0 spiro atoms. The van der Waals surface area contributed by atoms with Gasteiger partial charge in [-0.05, 0) is 32.0 Å². The van der Waals surface area contributed by atoms with Crippen LogP contribution in [0.5, 0.6) is 11.5 Å². The van der Waals surface area contributed by atoms with Crippen LogP contribution in [-0.2, 0) is 4.79 Å². The number of methoxy groups -OCH3 is 1. The fourth-order valence-electron chi connectivity index (χ4n) is 5.35. The van der Waals surface area contributed by atoms with Gasteiger partial charge in [0.25, 0.3) is 0 Å². The number of ether oxygens (including phenoxy) is 1. The van der Waals surface area contributed by atoms with Gasteiger partial charge in [-0.15, -0.1) is 0 Å². The van der Waals surface area contributed by atoms with E-state index in [0.29, 0.717) is 17.7 Å². The molecular weight excluding hydrogens is 280 g/mol. The van der Waals surface area contributed by atoms with Crippen molar-refractivity contribution < 1.29 is 24.4 Å². The normalized spacial score (nSPS) is 42.7. The summed E-state index contributed by atoms with van der Waals surface area (Å²) in [7, 11) is 1.58. The molecule has 3 N–H and O–H groups in total. The Labute approximate surface area is 130 Å². The van der Waals surface area contributed by atoms with Gasteiger partial charge in [-0.2, -0.15) is 0 Å². The van der Waals surface area contributed by atoms with Crippen molar-refractivity contribution in [3.05, 3.63) is 23.8 Å². The van der Waals surface area contributed by atoms with Gasteiger partial charge >= 0.3 is 0 Å². The Hall–Kier alpha value is -1.59. The molecule has 4 heterocycles. The molecule has 5 nitrogen and oxygen atoms in total. The number of carbonyl (C=O) groups excluding carboxylic acids is 1.